The van der Waals surface area contributed by atoms with E-state index in [1.165, 1.54) is 30.3 Å². The Hall–Kier alpha value is -6.47. The number of thiocarbonyl (C=S) groups is 1. The molecule has 0 fully saturated rings. The number of anilines is 1. The van der Waals surface area contributed by atoms with Crippen molar-refractivity contribution in [3.05, 3.63) is 113 Å². The molecule has 0 saturated carbocycles. The van der Waals surface area contributed by atoms with Crippen molar-refractivity contribution < 1.29 is 29.3 Å². The highest BCUT2D eigenvalue weighted by Crippen LogP contribution is 2.42. The molecule has 1 aliphatic carbocycles. The molecule has 1 aliphatic heterocycles. The summed E-state index contributed by atoms with van der Waals surface area (Å²) in [6.07, 6.45) is 4.05. The number of phenols is 1. The molecule has 0 radical (unpaired) electrons. The minimum atomic E-state index is -1.15. The lowest BCUT2D eigenvalue weighted by molar-refractivity contribution is 0.0697. The fourth-order valence-corrected chi connectivity index (χ4v) is 6.34. The van der Waals surface area contributed by atoms with Gasteiger partial charge in [-0.1, -0.05) is 26.8 Å². The lowest BCUT2D eigenvalue weighted by Gasteiger charge is -2.18. The largest absolute Gasteiger partial charge is 0.508 e. The number of benzene rings is 4. The molecule has 0 spiro atoms. The highest BCUT2D eigenvalue weighted by atomic mass is 32.1. The lowest BCUT2D eigenvalue weighted by Crippen LogP contribution is -2.30. The molecule has 2 aliphatic rings. The van der Waals surface area contributed by atoms with Gasteiger partial charge < -0.3 is 35.1 Å². The van der Waals surface area contributed by atoms with Crippen LogP contribution in [0, 0.1) is 0 Å². The molecular weight excluding hydrogens is 695 g/mol. The first-order chi connectivity index (χ1) is 25.4. The van der Waals surface area contributed by atoms with Gasteiger partial charge in [-0.25, -0.2) is 9.78 Å². The van der Waals surface area contributed by atoms with Gasteiger partial charge in [0.1, 0.15) is 28.5 Å². The lowest BCUT2D eigenvalue weighted by atomic mass is 9.90. The van der Waals surface area contributed by atoms with Crippen LogP contribution in [0.2, 0.25) is 0 Å². The molecule has 13 heteroatoms. The van der Waals surface area contributed by atoms with E-state index in [0.717, 1.165) is 5.56 Å². The SMILES string of the molecule is CC(C)(C)c1nc2cnc(-c3ccc(OCCCNC(=S)Nc4ccc(-c5c6ccc(=O)cc-6oc6cc(O)ccc56)c(C(=O)O)c4)cc3)cn2c1O. The molecule has 0 atom stereocenters. The molecular formula is C40H35N5O7S. The van der Waals surface area contributed by atoms with Gasteiger partial charge in [0.15, 0.2) is 16.2 Å². The Morgan fingerprint density at radius 3 is 2.51 bits per heavy atom. The average Bonchev–Trinajstić information content (AvgIpc) is 3.46. The predicted molar refractivity (Wildman–Crippen MR) is 206 cm³/mol. The van der Waals surface area contributed by atoms with E-state index < -0.39 is 5.97 Å². The van der Waals surface area contributed by atoms with E-state index in [1.807, 2.05) is 45.0 Å². The predicted octanol–water partition coefficient (Wildman–Crippen LogP) is 7.44. The molecule has 7 rings (SSSR count). The van der Waals surface area contributed by atoms with Crippen LogP contribution in [0.4, 0.5) is 5.69 Å². The monoisotopic (exact) mass is 729 g/mol. The molecule has 0 saturated heterocycles. The summed E-state index contributed by atoms with van der Waals surface area (Å²) < 4.78 is 13.5. The van der Waals surface area contributed by atoms with Crippen LogP contribution in [0.25, 0.3) is 50.3 Å². The third-order valence-electron chi connectivity index (χ3n) is 8.67. The molecule has 3 aromatic carbocycles. The number of imidazole rings is 1. The second kappa shape index (κ2) is 13.9. The molecule has 5 N–H and O–H groups in total. The number of aromatic hydroxyl groups is 2. The summed E-state index contributed by atoms with van der Waals surface area (Å²) in [5.74, 6) is -0.114. The van der Waals surface area contributed by atoms with Crippen molar-refractivity contribution in [2.75, 3.05) is 18.5 Å². The van der Waals surface area contributed by atoms with Gasteiger partial charge in [0.05, 0.1) is 24.1 Å². The van der Waals surface area contributed by atoms with Gasteiger partial charge in [0.25, 0.3) is 0 Å². The summed E-state index contributed by atoms with van der Waals surface area (Å²) >= 11 is 5.48. The molecule has 5 aromatic rings. The second-order valence-corrected chi connectivity index (χ2v) is 13.9. The number of hydrogen-bond acceptors (Lipinski definition) is 9. The van der Waals surface area contributed by atoms with E-state index in [2.05, 4.69) is 20.6 Å². The van der Waals surface area contributed by atoms with Gasteiger partial charge in [-0.05, 0) is 84.9 Å². The van der Waals surface area contributed by atoms with Gasteiger partial charge in [0.2, 0.25) is 5.88 Å². The number of carboxylic acid groups (broad SMARTS) is 1. The molecule has 0 amide bonds. The number of aromatic carboxylic acids is 1. The van der Waals surface area contributed by atoms with E-state index in [0.29, 0.717) is 80.8 Å². The first kappa shape index (κ1) is 35.0. The van der Waals surface area contributed by atoms with Crippen molar-refractivity contribution in [3.63, 3.8) is 0 Å². The first-order valence-electron chi connectivity index (χ1n) is 16.8. The zero-order valence-electron chi connectivity index (χ0n) is 29.0. The third kappa shape index (κ3) is 7.19. The Morgan fingerprint density at radius 2 is 1.75 bits per heavy atom. The van der Waals surface area contributed by atoms with Crippen molar-refractivity contribution in [3.8, 4) is 51.1 Å². The summed E-state index contributed by atoms with van der Waals surface area (Å²) in [6, 6.07) is 21.3. The normalized spacial score (nSPS) is 11.6. The quantitative estimate of drug-likeness (QED) is 0.0566. The maximum Gasteiger partial charge on any atom is 0.336 e. The fourth-order valence-electron chi connectivity index (χ4n) is 6.12. The van der Waals surface area contributed by atoms with E-state index in [1.54, 1.807) is 41.1 Å². The first-order valence-corrected chi connectivity index (χ1v) is 17.2. The van der Waals surface area contributed by atoms with Gasteiger partial charge in [-0.3, -0.25) is 14.2 Å². The van der Waals surface area contributed by atoms with Crippen LogP contribution in [0.5, 0.6) is 17.4 Å². The van der Waals surface area contributed by atoms with Gasteiger partial charge in [0, 0.05) is 58.1 Å². The summed E-state index contributed by atoms with van der Waals surface area (Å²) in [4.78, 5) is 33.7. The summed E-state index contributed by atoms with van der Waals surface area (Å²) in [7, 11) is 0. The molecule has 268 valence electrons. The number of nitrogens with zero attached hydrogens (tertiary/aromatic N) is 3. The highest BCUT2D eigenvalue weighted by molar-refractivity contribution is 7.80. The Labute approximate surface area is 308 Å². The number of carbonyl (C=O) groups is 1. The molecule has 3 heterocycles. The number of rotatable bonds is 9. The van der Waals surface area contributed by atoms with Crippen LogP contribution < -0.4 is 20.8 Å². The smallest absolute Gasteiger partial charge is 0.336 e. The summed E-state index contributed by atoms with van der Waals surface area (Å²) in [5.41, 5.74) is 4.48. The van der Waals surface area contributed by atoms with Crippen LogP contribution in [0.1, 0.15) is 43.2 Å². The van der Waals surface area contributed by atoms with E-state index in [-0.39, 0.29) is 33.8 Å². The fraction of sp³-hybridized carbons (Fsp3) is 0.175. The standard InChI is InChI=1S/C40H35N5O7S/c1-40(2,3)36-37(48)45-21-31(42-20-34(45)44-36)22-5-10-26(11-6-22)51-16-4-15-41-39(53)43-23-7-12-27(30(17-23)38(49)50)35-28-13-8-24(46)18-32(28)52-33-19-25(47)9-14-29(33)35/h5-14,17-21,46,48H,4,15-16H2,1-3H3,(H,49,50)(H2,41,43,53). The molecule has 53 heavy (non-hydrogen) atoms. The second-order valence-electron chi connectivity index (χ2n) is 13.5. The van der Waals surface area contributed by atoms with Gasteiger partial charge >= 0.3 is 5.97 Å². The van der Waals surface area contributed by atoms with Crippen molar-refractivity contribution in [2.45, 2.75) is 32.6 Å². The van der Waals surface area contributed by atoms with E-state index >= 15 is 0 Å². The van der Waals surface area contributed by atoms with E-state index in [9.17, 15) is 24.9 Å². The van der Waals surface area contributed by atoms with Crippen LogP contribution >= 0.6 is 12.2 Å². The van der Waals surface area contributed by atoms with Gasteiger partial charge in [-0.15, -0.1) is 0 Å². The van der Waals surface area contributed by atoms with Gasteiger partial charge in [-0.2, -0.15) is 0 Å². The van der Waals surface area contributed by atoms with Crippen LogP contribution in [0.15, 0.2) is 100 Å². The Balaban J connectivity index is 0.968. The maximum atomic E-state index is 12.5. The Bertz CT molecular complexity index is 2560. The van der Waals surface area contributed by atoms with Crippen molar-refractivity contribution >= 4 is 45.6 Å². The van der Waals surface area contributed by atoms with Crippen molar-refractivity contribution in [2.24, 2.45) is 0 Å². The number of aromatic nitrogens is 3. The third-order valence-corrected chi connectivity index (χ3v) is 8.92. The number of phenolic OH excluding ortho intramolecular Hbond substituents is 1. The molecule has 12 nitrogen and oxygen atoms in total. The maximum absolute atomic E-state index is 12.5. The highest BCUT2D eigenvalue weighted by Gasteiger charge is 2.25. The molecule has 2 aromatic heterocycles. The zero-order valence-corrected chi connectivity index (χ0v) is 29.8. The minimum absolute atomic E-state index is 0.0103. The number of ether oxygens (including phenoxy) is 1. The van der Waals surface area contributed by atoms with E-state index in [4.69, 9.17) is 21.4 Å². The number of nitrogens with one attached hydrogen (secondary N) is 2. The molecule has 0 bridgehead atoms. The summed E-state index contributed by atoms with van der Waals surface area (Å²) in [5, 5.41) is 38.1. The summed E-state index contributed by atoms with van der Waals surface area (Å²) in [6.45, 7) is 6.92. The number of carboxylic acids is 1. The topological polar surface area (TPSA) is 171 Å². The minimum Gasteiger partial charge on any atom is -0.508 e. The number of fused-ring (bicyclic) bond motifs is 3. The van der Waals surface area contributed by atoms with Crippen molar-refractivity contribution in [1.29, 1.82) is 0 Å². The Morgan fingerprint density at radius 1 is 0.981 bits per heavy atom. The zero-order chi connectivity index (χ0) is 37.4. The van der Waals surface area contributed by atoms with Crippen LogP contribution in [-0.2, 0) is 5.41 Å². The van der Waals surface area contributed by atoms with Crippen LogP contribution in [0.3, 0.4) is 0 Å². The van der Waals surface area contributed by atoms with Crippen molar-refractivity contribution in [1.82, 2.24) is 19.7 Å². The average molecular weight is 730 g/mol. The Kier molecular flexibility index (Phi) is 9.18. The molecule has 0 unspecified atom stereocenters. The number of hydrogen-bond donors (Lipinski definition) is 5. The van der Waals surface area contributed by atoms with Crippen LogP contribution in [-0.4, -0.2) is 53.9 Å².